The van der Waals surface area contributed by atoms with E-state index in [0.717, 1.165) is 107 Å². The van der Waals surface area contributed by atoms with Crippen molar-refractivity contribution in [2.45, 2.75) is 160 Å². The molecule has 9 N–H and O–H groups in total. The van der Waals surface area contributed by atoms with Crippen molar-refractivity contribution in [1.29, 1.82) is 0 Å². The number of benzene rings is 5. The maximum absolute atomic E-state index is 13.7. The number of nitrogens with one attached hydrogen (secondary N) is 3. The van der Waals surface area contributed by atoms with Crippen molar-refractivity contribution < 1.29 is 62.9 Å². The molecule has 97 heavy (non-hydrogen) atoms. The quantitative estimate of drug-likeness (QED) is 0.0233. The van der Waals surface area contributed by atoms with Crippen molar-refractivity contribution in [1.82, 2.24) is 30.5 Å². The van der Waals surface area contributed by atoms with E-state index in [-0.39, 0.29) is 91.6 Å². The largest absolute Gasteiger partial charge is 0.392 e. The second kappa shape index (κ2) is 36.1. The van der Waals surface area contributed by atoms with Crippen LogP contribution in [0.2, 0.25) is 0 Å². The van der Waals surface area contributed by atoms with Crippen LogP contribution in [0.1, 0.15) is 156 Å². The van der Waals surface area contributed by atoms with Gasteiger partial charge in [-0.2, -0.15) is 0 Å². The van der Waals surface area contributed by atoms with Crippen LogP contribution >= 0.6 is 0 Å². The van der Waals surface area contributed by atoms with Gasteiger partial charge in [0.25, 0.3) is 0 Å². The number of amides is 3. The summed E-state index contributed by atoms with van der Waals surface area (Å²) in [7, 11) is 6.14. The lowest BCUT2D eigenvalue weighted by atomic mass is 9.87. The molecule has 0 saturated heterocycles. The molecule has 19 heteroatoms. The molecule has 5 aromatic carbocycles. The minimum absolute atomic E-state index is 0.0231. The molecule has 16 nitrogen and oxygen atoms in total. The Morgan fingerprint density at radius 2 is 0.938 bits per heavy atom. The Bertz CT molecular complexity index is 4020. The molecule has 0 aliphatic heterocycles. The highest BCUT2D eigenvalue weighted by Gasteiger charge is 2.30. The molecule has 1 aliphatic rings. The van der Waals surface area contributed by atoms with Gasteiger partial charge in [0, 0.05) is 115 Å². The average Bonchev–Trinajstić information content (AvgIpc) is 1.67. The molecular weight excluding hydrogens is 1240 g/mol. The molecule has 9 rings (SSSR count). The fourth-order valence-corrected chi connectivity index (χ4v) is 11.8. The van der Waals surface area contributed by atoms with Crippen LogP contribution in [0.15, 0.2) is 140 Å². The standard InChI is InChI=1S/C27H37FN2O4.C26H27FN2O3.C25H29FN2O3/c1-16(2)26-22(12-11-20(31)13-21(32)14-24(33)29-5)25(18-7-9-19(28)10-8-18)23(15-34-6)27(30-26)17(3)4;1-28-24(32)15-20(31)14-19(30)12-13-22-25(16-8-10-18(27)11-9-16)21-4-2-3-5-23(21)29-26(22)17-6-7-17;1-16(2)28-22-7-5-4-6-21(22)25(17-8-10-18(26)11-9-17)23(28)13-12-19(29)14-20(30)15-24(31)27-3/h7-12,16-17,20-21,31-32H,13-15H2,1-6H3,(H,29,33);2-5,8-13,17,19-20,30-31H,6-7,14-15H2,1H3,(H,28,32);4-13,16,19-20,29-30H,14-15H2,1-3H3,(H,27,31)/b12-11+;2*13-12+/t20-,21-;2*19-,20-/m111/s1. The summed E-state index contributed by atoms with van der Waals surface area (Å²) in [6.45, 7) is 12.8. The van der Waals surface area contributed by atoms with Gasteiger partial charge in [-0.15, -0.1) is 0 Å². The fraction of sp³-hybridized carbons (Fsp3) is 0.372. The first-order valence-corrected chi connectivity index (χ1v) is 33.0. The number of methoxy groups -OCH3 is 1. The summed E-state index contributed by atoms with van der Waals surface area (Å²) >= 11 is 0. The number of carbonyl (C=O) groups excluding carboxylic acids is 3. The van der Waals surface area contributed by atoms with E-state index in [4.69, 9.17) is 14.7 Å². The van der Waals surface area contributed by atoms with E-state index in [1.54, 1.807) is 61.7 Å². The van der Waals surface area contributed by atoms with Crippen LogP contribution in [-0.4, -0.2) is 128 Å². The van der Waals surface area contributed by atoms with Crippen LogP contribution in [0.4, 0.5) is 13.2 Å². The SMILES string of the molecule is CNC(=O)C[C@H](O)C[C@H](O)/C=C/c1c(-c2ccc(F)cc2)c2ccccc2n1C(C)C.CNC(=O)C[C@H](O)C[C@H](O)/C=C/c1c(C(C)C)nc(C(C)C)c(COC)c1-c1ccc(F)cc1.CNC(=O)C[C@H](O)C[C@H](O)/C=C/c1c(C2CC2)nc2ccccc2c1-c1ccc(F)cc1. The molecular formula is C78H93F3N6O10. The predicted molar refractivity (Wildman–Crippen MR) is 378 cm³/mol. The van der Waals surface area contributed by atoms with Gasteiger partial charge in [0.2, 0.25) is 17.7 Å². The van der Waals surface area contributed by atoms with E-state index in [1.807, 2.05) is 66.8 Å². The number of rotatable bonds is 27. The third-order valence-electron chi connectivity index (χ3n) is 16.7. The van der Waals surface area contributed by atoms with Gasteiger partial charge in [-0.3, -0.25) is 24.4 Å². The first-order chi connectivity index (χ1) is 46.4. The zero-order valence-electron chi connectivity index (χ0n) is 56.9. The highest BCUT2D eigenvalue weighted by Crippen LogP contribution is 2.46. The number of fused-ring (bicyclic) bond motifs is 2. The van der Waals surface area contributed by atoms with Gasteiger partial charge >= 0.3 is 0 Å². The first-order valence-electron chi connectivity index (χ1n) is 33.0. The fourth-order valence-electron chi connectivity index (χ4n) is 11.8. The normalized spacial score (nSPS) is 14.4. The third-order valence-corrected chi connectivity index (χ3v) is 16.7. The number of carbonyl (C=O) groups is 3. The zero-order valence-corrected chi connectivity index (χ0v) is 56.9. The zero-order chi connectivity index (χ0) is 70.6. The minimum atomic E-state index is -0.966. The topological polar surface area (TPSA) is 249 Å². The number of ether oxygens (including phenoxy) is 1. The number of pyridine rings is 2. The Kier molecular flexibility index (Phi) is 28.2. The molecule has 3 aromatic heterocycles. The number of aliphatic hydroxyl groups is 6. The van der Waals surface area contributed by atoms with Crippen molar-refractivity contribution in [2.75, 3.05) is 28.3 Å². The maximum Gasteiger partial charge on any atom is 0.222 e. The highest BCUT2D eigenvalue weighted by atomic mass is 19.1. The number of aliphatic hydroxyl groups excluding tert-OH is 6. The van der Waals surface area contributed by atoms with Crippen molar-refractivity contribution in [2.24, 2.45) is 0 Å². The van der Waals surface area contributed by atoms with E-state index in [1.165, 1.54) is 57.5 Å². The van der Waals surface area contributed by atoms with Crippen LogP contribution in [0.5, 0.6) is 0 Å². The monoisotopic (exact) mass is 1330 g/mol. The number of para-hydroxylation sites is 2. The first kappa shape index (κ1) is 75.7. The molecule has 3 amide bonds. The summed E-state index contributed by atoms with van der Waals surface area (Å²) < 4.78 is 48.6. The van der Waals surface area contributed by atoms with E-state index in [0.29, 0.717) is 12.5 Å². The summed E-state index contributed by atoms with van der Waals surface area (Å²) in [5.74, 6) is -1.17. The van der Waals surface area contributed by atoms with E-state index in [9.17, 15) is 58.2 Å². The summed E-state index contributed by atoms with van der Waals surface area (Å²) in [4.78, 5) is 44.3. The van der Waals surface area contributed by atoms with Gasteiger partial charge in [0.15, 0.2) is 0 Å². The van der Waals surface area contributed by atoms with Gasteiger partial charge in [0.05, 0.1) is 79.4 Å². The molecule has 0 bridgehead atoms. The molecule has 1 saturated carbocycles. The lowest BCUT2D eigenvalue weighted by Crippen LogP contribution is -2.26. The lowest BCUT2D eigenvalue weighted by molar-refractivity contribution is -0.123. The molecule has 0 spiro atoms. The van der Waals surface area contributed by atoms with E-state index < -0.39 is 36.6 Å². The molecule has 8 aromatic rings. The third kappa shape index (κ3) is 20.9. The van der Waals surface area contributed by atoms with Crippen LogP contribution in [0, 0.1) is 17.5 Å². The summed E-state index contributed by atoms with van der Waals surface area (Å²) in [6.07, 6.45) is 6.77. The Morgan fingerprint density at radius 1 is 0.526 bits per heavy atom. The molecule has 3 heterocycles. The van der Waals surface area contributed by atoms with Crippen LogP contribution in [0.3, 0.4) is 0 Å². The molecule has 0 radical (unpaired) electrons. The Hall–Kier alpha value is -8.66. The molecule has 1 fully saturated rings. The summed E-state index contributed by atoms with van der Waals surface area (Å²) in [5, 5.41) is 71.0. The number of halogens is 3. The molecule has 1 aliphatic carbocycles. The summed E-state index contributed by atoms with van der Waals surface area (Å²) in [5.41, 5.74) is 13.6. The average molecular weight is 1330 g/mol. The number of nitrogens with zero attached hydrogens (tertiary/aromatic N) is 3. The van der Waals surface area contributed by atoms with Crippen LogP contribution in [0.25, 0.3) is 73.4 Å². The van der Waals surface area contributed by atoms with Crippen molar-refractivity contribution in [3.05, 3.63) is 196 Å². The van der Waals surface area contributed by atoms with Crippen LogP contribution < -0.4 is 16.0 Å². The molecule has 516 valence electrons. The Labute approximate surface area is 566 Å². The van der Waals surface area contributed by atoms with Gasteiger partial charge in [-0.05, 0) is 115 Å². The smallest absolute Gasteiger partial charge is 0.222 e. The van der Waals surface area contributed by atoms with Crippen molar-refractivity contribution in [3.63, 3.8) is 0 Å². The maximum atomic E-state index is 13.7. The predicted octanol–water partition coefficient (Wildman–Crippen LogP) is 13.0. The Morgan fingerprint density at radius 3 is 1.37 bits per heavy atom. The van der Waals surface area contributed by atoms with Gasteiger partial charge in [-0.1, -0.05) is 131 Å². The minimum Gasteiger partial charge on any atom is -0.392 e. The molecule has 0 unspecified atom stereocenters. The van der Waals surface area contributed by atoms with Gasteiger partial charge in [-0.25, -0.2) is 13.2 Å². The molecule has 6 atom stereocenters. The van der Waals surface area contributed by atoms with Crippen LogP contribution in [-0.2, 0) is 25.7 Å². The second-order valence-electron chi connectivity index (χ2n) is 25.3. The van der Waals surface area contributed by atoms with E-state index in [2.05, 4.69) is 62.1 Å². The van der Waals surface area contributed by atoms with Crippen molar-refractivity contribution in [3.8, 4) is 33.4 Å². The van der Waals surface area contributed by atoms with Gasteiger partial charge in [0.1, 0.15) is 17.5 Å². The number of hydrogen-bond donors (Lipinski definition) is 9. The summed E-state index contributed by atoms with van der Waals surface area (Å²) in [6, 6.07) is 35.2. The van der Waals surface area contributed by atoms with E-state index >= 15 is 0 Å². The lowest BCUT2D eigenvalue weighted by Gasteiger charge is -2.23. The number of aromatic nitrogens is 3. The number of hydrogen-bond acceptors (Lipinski definition) is 12. The highest BCUT2D eigenvalue weighted by molar-refractivity contribution is 6.01. The van der Waals surface area contributed by atoms with Gasteiger partial charge < -0.3 is 55.9 Å². The Balaban J connectivity index is 0.000000205. The second-order valence-corrected chi connectivity index (χ2v) is 25.3. The van der Waals surface area contributed by atoms with Crippen molar-refractivity contribution >= 4 is 57.8 Å².